The zero-order valence-electron chi connectivity index (χ0n) is 16.2. The van der Waals surface area contributed by atoms with E-state index >= 15 is 0 Å². The molecule has 0 saturated carbocycles. The van der Waals surface area contributed by atoms with E-state index in [2.05, 4.69) is 35.8 Å². The van der Waals surface area contributed by atoms with Crippen molar-refractivity contribution in [2.75, 3.05) is 16.4 Å². The van der Waals surface area contributed by atoms with Crippen LogP contribution in [0.3, 0.4) is 0 Å². The van der Waals surface area contributed by atoms with E-state index in [0.29, 0.717) is 33.3 Å². The SMILES string of the molecule is CC(C)Nc1ncnc(N)c1C(=N)c1ccc2cc(C(=O)Nc3nncs3)[nH]c2c1. The second-order valence-electron chi connectivity index (χ2n) is 6.84. The Balaban J connectivity index is 1.66. The van der Waals surface area contributed by atoms with Gasteiger partial charge in [-0.1, -0.05) is 23.5 Å². The molecule has 0 radical (unpaired) electrons. The lowest BCUT2D eigenvalue weighted by molar-refractivity contribution is 0.102. The third-order valence-electron chi connectivity index (χ3n) is 4.29. The molecule has 0 bridgehead atoms. The number of fused-ring (bicyclic) bond motifs is 1. The molecular formula is C19H19N9OS. The Hall–Kier alpha value is -3.86. The molecule has 3 aromatic heterocycles. The smallest absolute Gasteiger partial charge is 0.273 e. The Labute approximate surface area is 175 Å². The molecule has 0 aliphatic heterocycles. The fraction of sp³-hybridized carbons (Fsp3) is 0.158. The Morgan fingerprint density at radius 1 is 1.27 bits per heavy atom. The van der Waals surface area contributed by atoms with E-state index in [-0.39, 0.29) is 23.5 Å². The number of aromatic amines is 1. The van der Waals surface area contributed by atoms with Gasteiger partial charge in [0.05, 0.1) is 11.3 Å². The third-order valence-corrected chi connectivity index (χ3v) is 4.89. The standard InChI is InChI=1S/C19H19N9OS/c1-9(2)25-17-14(16(21)22-7-23-17)15(20)11-4-3-10-5-13(26-12(10)6-11)18(29)27-19-28-24-8-30-19/h3-9,20,26H,1-2H3,(H,27,28,29)(H3,21,22,23,25). The van der Waals surface area contributed by atoms with Gasteiger partial charge >= 0.3 is 0 Å². The number of benzene rings is 1. The molecule has 0 saturated heterocycles. The minimum atomic E-state index is -0.316. The second kappa shape index (κ2) is 7.87. The molecule has 1 amide bonds. The maximum Gasteiger partial charge on any atom is 0.273 e. The fourth-order valence-corrected chi connectivity index (χ4v) is 3.41. The topological polar surface area (TPSA) is 158 Å². The molecule has 30 heavy (non-hydrogen) atoms. The average Bonchev–Trinajstić information content (AvgIpc) is 3.36. The van der Waals surface area contributed by atoms with Crippen LogP contribution in [0.5, 0.6) is 0 Å². The molecule has 0 atom stereocenters. The van der Waals surface area contributed by atoms with Gasteiger partial charge in [0.1, 0.15) is 29.2 Å². The van der Waals surface area contributed by atoms with Crippen molar-refractivity contribution in [1.29, 1.82) is 5.41 Å². The number of nitrogen functional groups attached to an aromatic ring is 1. The van der Waals surface area contributed by atoms with Gasteiger partial charge in [-0.25, -0.2) is 9.97 Å². The molecule has 0 fully saturated rings. The number of hydrogen-bond donors (Lipinski definition) is 5. The highest BCUT2D eigenvalue weighted by molar-refractivity contribution is 7.13. The van der Waals surface area contributed by atoms with Crippen LogP contribution >= 0.6 is 11.3 Å². The predicted molar refractivity (Wildman–Crippen MR) is 117 cm³/mol. The molecule has 1 aromatic carbocycles. The summed E-state index contributed by atoms with van der Waals surface area (Å²) < 4.78 is 0. The average molecular weight is 421 g/mol. The maximum absolute atomic E-state index is 12.4. The van der Waals surface area contributed by atoms with Crippen LogP contribution in [0.15, 0.2) is 36.1 Å². The minimum Gasteiger partial charge on any atom is -0.383 e. The van der Waals surface area contributed by atoms with E-state index in [9.17, 15) is 4.79 Å². The van der Waals surface area contributed by atoms with Crippen LogP contribution in [-0.4, -0.2) is 42.8 Å². The molecule has 4 rings (SSSR count). The normalized spacial score (nSPS) is 11.0. The summed E-state index contributed by atoms with van der Waals surface area (Å²) >= 11 is 1.24. The molecule has 152 valence electrons. The summed E-state index contributed by atoms with van der Waals surface area (Å²) in [7, 11) is 0. The van der Waals surface area contributed by atoms with Crippen molar-refractivity contribution in [3.05, 3.63) is 52.9 Å². The van der Waals surface area contributed by atoms with Crippen molar-refractivity contribution < 1.29 is 4.79 Å². The van der Waals surface area contributed by atoms with Crippen LogP contribution in [0.2, 0.25) is 0 Å². The number of carbonyl (C=O) groups is 1. The van der Waals surface area contributed by atoms with Gasteiger partial charge in [0.25, 0.3) is 5.91 Å². The number of H-pyrrole nitrogens is 1. The lowest BCUT2D eigenvalue weighted by Gasteiger charge is -2.15. The number of anilines is 3. The van der Waals surface area contributed by atoms with Crippen molar-refractivity contribution in [3.63, 3.8) is 0 Å². The van der Waals surface area contributed by atoms with Gasteiger partial charge < -0.3 is 16.0 Å². The van der Waals surface area contributed by atoms with Gasteiger partial charge in [-0.2, -0.15) is 0 Å². The number of carbonyl (C=O) groups excluding carboxylic acids is 1. The largest absolute Gasteiger partial charge is 0.383 e. The molecule has 6 N–H and O–H groups in total. The van der Waals surface area contributed by atoms with Crippen molar-refractivity contribution in [2.24, 2.45) is 0 Å². The van der Waals surface area contributed by atoms with E-state index in [0.717, 1.165) is 5.39 Å². The first-order valence-electron chi connectivity index (χ1n) is 9.09. The Morgan fingerprint density at radius 3 is 2.83 bits per heavy atom. The number of amides is 1. The first-order valence-corrected chi connectivity index (χ1v) is 9.97. The van der Waals surface area contributed by atoms with Crippen LogP contribution in [-0.2, 0) is 0 Å². The van der Waals surface area contributed by atoms with Crippen molar-refractivity contribution in [2.45, 2.75) is 19.9 Å². The van der Waals surface area contributed by atoms with E-state index in [4.69, 9.17) is 11.1 Å². The molecule has 3 heterocycles. The number of rotatable bonds is 6. The van der Waals surface area contributed by atoms with Crippen LogP contribution in [0.25, 0.3) is 10.9 Å². The molecular weight excluding hydrogens is 402 g/mol. The van der Waals surface area contributed by atoms with Gasteiger partial charge in [0, 0.05) is 22.5 Å². The fourth-order valence-electron chi connectivity index (χ4n) is 2.97. The lowest BCUT2D eigenvalue weighted by Crippen LogP contribution is -2.17. The number of nitrogens with two attached hydrogens (primary N) is 1. The van der Waals surface area contributed by atoms with Crippen molar-refractivity contribution in [1.82, 2.24) is 25.1 Å². The number of hydrogen-bond acceptors (Lipinski definition) is 9. The van der Waals surface area contributed by atoms with Gasteiger partial charge in [0.2, 0.25) is 5.13 Å². The Bertz CT molecular complexity index is 1230. The van der Waals surface area contributed by atoms with Crippen molar-refractivity contribution in [3.8, 4) is 0 Å². The summed E-state index contributed by atoms with van der Waals surface area (Å²) in [6.07, 6.45) is 1.37. The van der Waals surface area contributed by atoms with Gasteiger partial charge in [-0.15, -0.1) is 10.2 Å². The number of nitrogens with one attached hydrogen (secondary N) is 4. The van der Waals surface area contributed by atoms with Crippen LogP contribution in [0, 0.1) is 5.41 Å². The van der Waals surface area contributed by atoms with Crippen LogP contribution < -0.4 is 16.4 Å². The summed E-state index contributed by atoms with van der Waals surface area (Å²) in [5.41, 5.74) is 9.94. The maximum atomic E-state index is 12.4. The minimum absolute atomic E-state index is 0.117. The molecule has 0 aliphatic carbocycles. The quantitative estimate of drug-likeness (QED) is 0.299. The molecule has 0 aliphatic rings. The summed E-state index contributed by atoms with van der Waals surface area (Å²) in [6.45, 7) is 3.95. The molecule has 4 aromatic rings. The first kappa shape index (κ1) is 19.5. The molecule has 11 heteroatoms. The molecule has 0 unspecified atom stereocenters. The molecule has 0 spiro atoms. The zero-order valence-corrected chi connectivity index (χ0v) is 17.0. The van der Waals surface area contributed by atoms with E-state index < -0.39 is 0 Å². The van der Waals surface area contributed by atoms with Crippen molar-refractivity contribution >= 4 is 50.6 Å². The molecule has 10 nitrogen and oxygen atoms in total. The third kappa shape index (κ3) is 3.82. The summed E-state index contributed by atoms with van der Waals surface area (Å²) in [6, 6.07) is 7.30. The lowest BCUT2D eigenvalue weighted by atomic mass is 10.0. The Kier molecular flexibility index (Phi) is 5.11. The van der Waals surface area contributed by atoms with Gasteiger partial charge in [-0.05, 0) is 26.0 Å². The summed E-state index contributed by atoms with van der Waals surface area (Å²) in [4.78, 5) is 23.8. The van der Waals surface area contributed by atoms with Gasteiger partial charge in [-0.3, -0.25) is 15.5 Å². The van der Waals surface area contributed by atoms with Crippen LogP contribution in [0.1, 0.15) is 35.5 Å². The highest BCUT2D eigenvalue weighted by Gasteiger charge is 2.18. The van der Waals surface area contributed by atoms with Crippen LogP contribution in [0.4, 0.5) is 16.8 Å². The predicted octanol–water partition coefficient (Wildman–Crippen LogP) is 2.88. The van der Waals surface area contributed by atoms with E-state index in [1.54, 1.807) is 23.7 Å². The monoisotopic (exact) mass is 421 g/mol. The summed E-state index contributed by atoms with van der Waals surface area (Å²) in [5.74, 6) is 0.414. The highest BCUT2D eigenvalue weighted by Crippen LogP contribution is 2.25. The Morgan fingerprint density at radius 2 is 2.10 bits per heavy atom. The van der Waals surface area contributed by atoms with E-state index in [1.165, 1.54) is 17.7 Å². The number of aromatic nitrogens is 5. The highest BCUT2D eigenvalue weighted by atomic mass is 32.1. The van der Waals surface area contributed by atoms with Gasteiger partial charge in [0.15, 0.2) is 0 Å². The second-order valence-corrected chi connectivity index (χ2v) is 7.67. The summed E-state index contributed by atoms with van der Waals surface area (Å²) in [5, 5.41) is 23.3. The number of nitrogens with zero attached hydrogens (tertiary/aromatic N) is 4. The zero-order chi connectivity index (χ0) is 21.3. The first-order chi connectivity index (χ1) is 14.4. The van der Waals surface area contributed by atoms with E-state index in [1.807, 2.05) is 19.9 Å².